The molecule has 0 saturated carbocycles. The molecule has 8 nitrogen and oxygen atoms in total. The summed E-state index contributed by atoms with van der Waals surface area (Å²) in [5.41, 5.74) is 1.63. The molecule has 28 heavy (non-hydrogen) atoms. The normalized spacial score (nSPS) is 12.7. The summed E-state index contributed by atoms with van der Waals surface area (Å²) in [7, 11) is 1.81. The Balaban J connectivity index is 1.49. The van der Waals surface area contributed by atoms with Crippen LogP contribution in [0.1, 0.15) is 24.9 Å². The number of furan rings is 2. The number of aromatic nitrogens is 3. The molecule has 1 atom stereocenters. The Morgan fingerprint density at radius 1 is 1.39 bits per heavy atom. The van der Waals surface area contributed by atoms with Crippen LogP contribution in [0.15, 0.2) is 44.3 Å². The molecule has 0 aliphatic rings. The standard InChI is InChI=1S/C20H22N4O4/c1-12(6-7-14-5-4-8-27-14)22-17(25)11-24-20(26)18-15(10-21-24)19-16(23(18)3)9-13(2)28-19/h4-5,8-10,12H,6-7,11H2,1-3H3,(H,22,25)/t12-/m0/s1. The van der Waals surface area contributed by atoms with Gasteiger partial charge in [0.2, 0.25) is 5.91 Å². The van der Waals surface area contributed by atoms with E-state index in [2.05, 4.69) is 10.4 Å². The van der Waals surface area contributed by atoms with E-state index >= 15 is 0 Å². The molecule has 0 aliphatic carbocycles. The van der Waals surface area contributed by atoms with Gasteiger partial charge < -0.3 is 18.7 Å². The Kier molecular flexibility index (Phi) is 4.54. The predicted octanol–water partition coefficient (Wildman–Crippen LogP) is 2.52. The first-order valence-electron chi connectivity index (χ1n) is 9.20. The second-order valence-electron chi connectivity index (χ2n) is 7.09. The van der Waals surface area contributed by atoms with E-state index < -0.39 is 0 Å². The fourth-order valence-electron chi connectivity index (χ4n) is 3.49. The second-order valence-corrected chi connectivity index (χ2v) is 7.09. The van der Waals surface area contributed by atoms with Gasteiger partial charge in [0.25, 0.3) is 5.56 Å². The minimum absolute atomic E-state index is 0.0441. The molecule has 1 amide bonds. The Morgan fingerprint density at radius 2 is 2.21 bits per heavy atom. The number of aryl methyl sites for hydroxylation is 3. The first-order chi connectivity index (χ1) is 13.4. The molecule has 8 heteroatoms. The molecule has 1 N–H and O–H groups in total. The molecular weight excluding hydrogens is 360 g/mol. The highest BCUT2D eigenvalue weighted by Crippen LogP contribution is 2.28. The van der Waals surface area contributed by atoms with E-state index in [4.69, 9.17) is 8.83 Å². The van der Waals surface area contributed by atoms with Crippen molar-refractivity contribution in [1.29, 1.82) is 0 Å². The Labute approximate surface area is 160 Å². The minimum atomic E-state index is -0.317. The molecule has 146 valence electrons. The van der Waals surface area contributed by atoms with E-state index in [1.807, 2.05) is 39.1 Å². The van der Waals surface area contributed by atoms with Crippen LogP contribution in [-0.4, -0.2) is 26.3 Å². The number of carbonyl (C=O) groups excluding carboxylic acids is 1. The lowest BCUT2D eigenvalue weighted by Crippen LogP contribution is -2.38. The lowest BCUT2D eigenvalue weighted by molar-refractivity contribution is -0.122. The average Bonchev–Trinajstić information content (AvgIpc) is 3.34. The predicted molar refractivity (Wildman–Crippen MR) is 104 cm³/mol. The molecule has 0 radical (unpaired) electrons. The monoisotopic (exact) mass is 382 g/mol. The number of amides is 1. The Morgan fingerprint density at radius 3 is 2.96 bits per heavy atom. The maximum absolute atomic E-state index is 12.8. The smallest absolute Gasteiger partial charge is 0.291 e. The van der Waals surface area contributed by atoms with E-state index in [-0.39, 0.29) is 24.1 Å². The van der Waals surface area contributed by atoms with Gasteiger partial charge in [-0.15, -0.1) is 0 Å². The molecule has 0 bridgehead atoms. The first-order valence-corrected chi connectivity index (χ1v) is 9.20. The van der Waals surface area contributed by atoms with Gasteiger partial charge >= 0.3 is 0 Å². The van der Waals surface area contributed by atoms with Crippen molar-refractivity contribution >= 4 is 27.9 Å². The maximum atomic E-state index is 12.8. The van der Waals surface area contributed by atoms with Gasteiger partial charge in [-0.1, -0.05) is 0 Å². The van der Waals surface area contributed by atoms with Crippen molar-refractivity contribution in [2.75, 3.05) is 0 Å². The number of hydrogen-bond acceptors (Lipinski definition) is 5. The zero-order chi connectivity index (χ0) is 19.8. The zero-order valence-corrected chi connectivity index (χ0v) is 16.1. The van der Waals surface area contributed by atoms with E-state index in [0.29, 0.717) is 16.5 Å². The SMILES string of the molecule is Cc1cc2c(o1)c1cnn(CC(=O)N[C@@H](C)CCc3ccco3)c(=O)c1n2C. The third-order valence-electron chi connectivity index (χ3n) is 4.90. The van der Waals surface area contributed by atoms with E-state index in [1.54, 1.807) is 17.0 Å². The molecule has 4 rings (SSSR count). The lowest BCUT2D eigenvalue weighted by atomic mass is 10.1. The van der Waals surface area contributed by atoms with Gasteiger partial charge in [-0.3, -0.25) is 9.59 Å². The van der Waals surface area contributed by atoms with E-state index in [0.717, 1.165) is 29.9 Å². The maximum Gasteiger partial charge on any atom is 0.291 e. The summed E-state index contributed by atoms with van der Waals surface area (Å²) < 4.78 is 14.0. The summed E-state index contributed by atoms with van der Waals surface area (Å²) in [5.74, 6) is 1.40. The van der Waals surface area contributed by atoms with Crippen molar-refractivity contribution in [3.63, 3.8) is 0 Å². The summed E-state index contributed by atoms with van der Waals surface area (Å²) in [6.07, 6.45) is 4.69. The van der Waals surface area contributed by atoms with Crippen molar-refractivity contribution in [1.82, 2.24) is 19.7 Å². The molecule has 4 aromatic heterocycles. The van der Waals surface area contributed by atoms with Crippen LogP contribution < -0.4 is 10.9 Å². The fraction of sp³-hybridized carbons (Fsp3) is 0.350. The van der Waals surface area contributed by atoms with E-state index in [9.17, 15) is 9.59 Å². The summed E-state index contributed by atoms with van der Waals surface area (Å²) in [6.45, 7) is 3.65. The summed E-state index contributed by atoms with van der Waals surface area (Å²) in [4.78, 5) is 25.2. The van der Waals surface area contributed by atoms with Crippen LogP contribution in [0.25, 0.3) is 22.0 Å². The molecule has 0 aliphatic heterocycles. The van der Waals surface area contributed by atoms with Gasteiger partial charge in [-0.2, -0.15) is 5.10 Å². The van der Waals surface area contributed by atoms with Gasteiger partial charge in [0.15, 0.2) is 5.58 Å². The number of nitrogens with one attached hydrogen (secondary N) is 1. The molecule has 0 saturated heterocycles. The quantitative estimate of drug-likeness (QED) is 0.553. The van der Waals surface area contributed by atoms with Crippen molar-refractivity contribution in [3.05, 3.63) is 52.5 Å². The lowest BCUT2D eigenvalue weighted by Gasteiger charge is -2.13. The first kappa shape index (κ1) is 18.1. The molecule has 0 spiro atoms. The zero-order valence-electron chi connectivity index (χ0n) is 16.1. The Bertz CT molecular complexity index is 1200. The van der Waals surface area contributed by atoms with Crippen LogP contribution in [0, 0.1) is 6.92 Å². The molecule has 0 unspecified atom stereocenters. The van der Waals surface area contributed by atoms with Gasteiger partial charge in [0.05, 0.1) is 23.4 Å². The molecular formula is C20H22N4O4. The summed E-state index contributed by atoms with van der Waals surface area (Å²) >= 11 is 0. The van der Waals surface area contributed by atoms with Crippen LogP contribution in [-0.2, 0) is 24.8 Å². The number of rotatable bonds is 6. The van der Waals surface area contributed by atoms with Crippen LogP contribution in [0.3, 0.4) is 0 Å². The molecule has 4 aromatic rings. The number of fused-ring (bicyclic) bond motifs is 3. The van der Waals surface area contributed by atoms with Crippen LogP contribution in [0.2, 0.25) is 0 Å². The molecule has 4 heterocycles. The third kappa shape index (κ3) is 3.21. The highest BCUT2D eigenvalue weighted by atomic mass is 16.3. The fourth-order valence-corrected chi connectivity index (χ4v) is 3.49. The highest BCUT2D eigenvalue weighted by molar-refractivity contribution is 6.04. The van der Waals surface area contributed by atoms with Crippen LogP contribution in [0.5, 0.6) is 0 Å². The number of nitrogens with zero attached hydrogens (tertiary/aromatic N) is 3. The van der Waals surface area contributed by atoms with Gasteiger partial charge in [0.1, 0.15) is 23.6 Å². The van der Waals surface area contributed by atoms with Gasteiger partial charge in [-0.05, 0) is 32.4 Å². The number of carbonyl (C=O) groups is 1. The van der Waals surface area contributed by atoms with Crippen LogP contribution >= 0.6 is 0 Å². The highest BCUT2D eigenvalue weighted by Gasteiger charge is 2.18. The van der Waals surface area contributed by atoms with E-state index in [1.165, 1.54) is 4.68 Å². The van der Waals surface area contributed by atoms with Crippen LogP contribution in [0.4, 0.5) is 0 Å². The second kappa shape index (κ2) is 7.03. The average molecular weight is 382 g/mol. The largest absolute Gasteiger partial charge is 0.469 e. The third-order valence-corrected chi connectivity index (χ3v) is 4.90. The van der Waals surface area contributed by atoms with Crippen molar-refractivity contribution < 1.29 is 13.6 Å². The summed E-state index contributed by atoms with van der Waals surface area (Å²) in [6, 6.07) is 5.59. The number of hydrogen-bond donors (Lipinski definition) is 1. The van der Waals surface area contributed by atoms with Gasteiger partial charge in [-0.25, -0.2) is 4.68 Å². The van der Waals surface area contributed by atoms with Gasteiger partial charge in [0, 0.05) is 25.6 Å². The molecule has 0 aromatic carbocycles. The summed E-state index contributed by atoms with van der Waals surface area (Å²) in [5, 5.41) is 7.72. The minimum Gasteiger partial charge on any atom is -0.469 e. The topological polar surface area (TPSA) is 95.2 Å². The van der Waals surface area contributed by atoms with Crippen molar-refractivity contribution in [2.24, 2.45) is 7.05 Å². The van der Waals surface area contributed by atoms with Crippen molar-refractivity contribution in [3.8, 4) is 0 Å². The Hall–Kier alpha value is -3.29. The molecule has 0 fully saturated rings. The van der Waals surface area contributed by atoms with Crippen molar-refractivity contribution in [2.45, 2.75) is 39.3 Å².